The summed E-state index contributed by atoms with van der Waals surface area (Å²) in [5.74, 6) is -0.426. The van der Waals surface area contributed by atoms with E-state index in [1.54, 1.807) is 39.0 Å². The van der Waals surface area contributed by atoms with Crippen molar-refractivity contribution in [3.05, 3.63) is 28.2 Å². The molecule has 0 aliphatic rings. The Hall–Kier alpha value is -1.07. The zero-order valence-corrected chi connectivity index (χ0v) is 12.2. The van der Waals surface area contributed by atoms with E-state index in [0.29, 0.717) is 11.3 Å². The molecule has 0 bridgehead atoms. The minimum atomic E-state index is -0.974. The molecule has 1 atom stereocenters. The zero-order valence-electron chi connectivity index (χ0n) is 10.6. The number of carboxylic acid groups (broad SMARTS) is 1. The topological polar surface area (TPSA) is 66.8 Å². The van der Waals surface area contributed by atoms with E-state index in [-0.39, 0.29) is 6.61 Å². The summed E-state index contributed by atoms with van der Waals surface area (Å²) in [4.78, 5) is 11.0. The number of carbonyl (C=O) groups is 1. The lowest BCUT2D eigenvalue weighted by Crippen LogP contribution is -2.30. The van der Waals surface area contributed by atoms with Gasteiger partial charge in [0.15, 0.2) is 0 Å². The predicted octanol–water partition coefficient (Wildman–Crippen LogP) is 2.99. The Bertz CT molecular complexity index is 441. The molecule has 0 aliphatic carbocycles. The first-order valence-electron chi connectivity index (χ1n) is 5.58. The van der Waals surface area contributed by atoms with Gasteiger partial charge >= 0.3 is 5.97 Å². The molecule has 0 fully saturated rings. The summed E-state index contributed by atoms with van der Waals surface area (Å²) < 4.78 is 6.35. The highest BCUT2D eigenvalue weighted by Gasteiger charge is 2.28. The van der Waals surface area contributed by atoms with Crippen LogP contribution >= 0.6 is 15.9 Å². The summed E-state index contributed by atoms with van der Waals surface area (Å²) >= 11 is 3.32. The van der Waals surface area contributed by atoms with Crippen LogP contribution in [0.15, 0.2) is 22.7 Å². The van der Waals surface area contributed by atoms with Crippen molar-refractivity contribution in [1.82, 2.24) is 0 Å². The lowest BCUT2D eigenvalue weighted by molar-refractivity contribution is -0.148. The van der Waals surface area contributed by atoms with Crippen LogP contribution in [0.4, 0.5) is 0 Å². The van der Waals surface area contributed by atoms with E-state index < -0.39 is 17.5 Å². The first-order chi connectivity index (χ1) is 8.24. The molecule has 1 aromatic rings. The number of aliphatic hydroxyl groups excluding tert-OH is 1. The average molecular weight is 317 g/mol. The number of carboxylic acids is 1. The van der Waals surface area contributed by atoms with Gasteiger partial charge in [-0.1, -0.05) is 22.0 Å². The van der Waals surface area contributed by atoms with Gasteiger partial charge in [-0.3, -0.25) is 4.79 Å². The summed E-state index contributed by atoms with van der Waals surface area (Å²) in [5.41, 5.74) is -0.336. The van der Waals surface area contributed by atoms with E-state index in [2.05, 4.69) is 15.9 Å². The van der Waals surface area contributed by atoms with Crippen molar-refractivity contribution >= 4 is 21.9 Å². The number of hydrogen-bond acceptors (Lipinski definition) is 3. The van der Waals surface area contributed by atoms with Crippen molar-refractivity contribution in [2.45, 2.75) is 26.9 Å². The SMILES string of the molecule is C[C@H](O)c1ccc(Br)cc1OCC(C)(C)C(=O)O. The maximum atomic E-state index is 11.0. The van der Waals surface area contributed by atoms with Gasteiger partial charge in [-0.15, -0.1) is 0 Å². The number of hydrogen-bond donors (Lipinski definition) is 2. The van der Waals surface area contributed by atoms with Crippen LogP contribution in [-0.4, -0.2) is 22.8 Å². The molecule has 5 heteroatoms. The predicted molar refractivity (Wildman–Crippen MR) is 71.7 cm³/mol. The number of benzene rings is 1. The van der Waals surface area contributed by atoms with E-state index in [4.69, 9.17) is 9.84 Å². The van der Waals surface area contributed by atoms with Gasteiger partial charge in [0.05, 0.1) is 11.5 Å². The Morgan fingerprint density at radius 2 is 2.11 bits per heavy atom. The maximum absolute atomic E-state index is 11.0. The third-order valence-corrected chi connectivity index (χ3v) is 3.09. The Morgan fingerprint density at radius 3 is 2.61 bits per heavy atom. The molecule has 100 valence electrons. The molecule has 0 aromatic heterocycles. The minimum Gasteiger partial charge on any atom is -0.492 e. The van der Waals surface area contributed by atoms with Gasteiger partial charge in [-0.05, 0) is 32.9 Å². The molecule has 0 saturated carbocycles. The Morgan fingerprint density at radius 1 is 1.50 bits per heavy atom. The number of aliphatic carboxylic acids is 1. The van der Waals surface area contributed by atoms with Gasteiger partial charge in [-0.25, -0.2) is 0 Å². The molecular formula is C13H17BrO4. The fourth-order valence-electron chi connectivity index (χ4n) is 1.30. The summed E-state index contributed by atoms with van der Waals surface area (Å²) in [6.45, 7) is 4.86. The number of aliphatic hydroxyl groups is 1. The standard InChI is InChI=1S/C13H17BrO4/c1-8(15)10-5-4-9(14)6-11(10)18-7-13(2,3)12(16)17/h4-6,8,15H,7H2,1-3H3,(H,16,17)/t8-/m0/s1. The lowest BCUT2D eigenvalue weighted by atomic mass is 9.95. The molecule has 2 N–H and O–H groups in total. The van der Waals surface area contributed by atoms with Crippen LogP contribution < -0.4 is 4.74 Å². The average Bonchev–Trinajstić information content (AvgIpc) is 2.26. The van der Waals surface area contributed by atoms with Gasteiger partial charge in [0, 0.05) is 10.0 Å². The van der Waals surface area contributed by atoms with E-state index in [1.807, 2.05) is 0 Å². The van der Waals surface area contributed by atoms with Crippen LogP contribution in [0.2, 0.25) is 0 Å². The molecule has 0 amide bonds. The van der Waals surface area contributed by atoms with Crippen LogP contribution in [0, 0.1) is 5.41 Å². The molecule has 4 nitrogen and oxygen atoms in total. The van der Waals surface area contributed by atoms with Crippen molar-refractivity contribution in [1.29, 1.82) is 0 Å². The first-order valence-corrected chi connectivity index (χ1v) is 6.37. The second-order valence-corrected chi connectivity index (χ2v) is 5.75. The van der Waals surface area contributed by atoms with Gasteiger partial charge in [0.1, 0.15) is 12.4 Å². The summed E-state index contributed by atoms with van der Waals surface area (Å²) in [7, 11) is 0. The molecule has 0 heterocycles. The largest absolute Gasteiger partial charge is 0.492 e. The summed E-state index contributed by atoms with van der Waals surface area (Å²) in [6.07, 6.45) is -0.666. The van der Waals surface area contributed by atoms with Crippen LogP contribution in [0.25, 0.3) is 0 Å². The third kappa shape index (κ3) is 3.71. The van der Waals surface area contributed by atoms with Crippen molar-refractivity contribution < 1.29 is 19.7 Å². The van der Waals surface area contributed by atoms with E-state index in [1.165, 1.54) is 0 Å². The number of rotatable bonds is 5. The Kier molecular flexibility index (Phi) is 4.76. The van der Waals surface area contributed by atoms with Crippen LogP contribution in [0.5, 0.6) is 5.75 Å². The fourth-order valence-corrected chi connectivity index (χ4v) is 1.64. The zero-order chi connectivity index (χ0) is 13.9. The highest BCUT2D eigenvalue weighted by atomic mass is 79.9. The maximum Gasteiger partial charge on any atom is 0.312 e. The molecule has 1 aromatic carbocycles. The molecule has 0 saturated heterocycles. The highest BCUT2D eigenvalue weighted by Crippen LogP contribution is 2.30. The molecule has 18 heavy (non-hydrogen) atoms. The third-order valence-electron chi connectivity index (χ3n) is 2.59. The van der Waals surface area contributed by atoms with Gasteiger partial charge in [0.25, 0.3) is 0 Å². The van der Waals surface area contributed by atoms with Crippen LogP contribution in [0.3, 0.4) is 0 Å². The molecule has 0 unspecified atom stereocenters. The van der Waals surface area contributed by atoms with Gasteiger partial charge in [0.2, 0.25) is 0 Å². The highest BCUT2D eigenvalue weighted by molar-refractivity contribution is 9.10. The van der Waals surface area contributed by atoms with Crippen molar-refractivity contribution in [3.63, 3.8) is 0 Å². The van der Waals surface area contributed by atoms with Crippen molar-refractivity contribution in [3.8, 4) is 5.75 Å². The quantitative estimate of drug-likeness (QED) is 0.876. The van der Waals surface area contributed by atoms with Crippen molar-refractivity contribution in [2.24, 2.45) is 5.41 Å². The van der Waals surface area contributed by atoms with E-state index >= 15 is 0 Å². The van der Waals surface area contributed by atoms with Crippen LogP contribution in [0.1, 0.15) is 32.4 Å². The first kappa shape index (κ1) is 15.0. The van der Waals surface area contributed by atoms with Crippen LogP contribution in [-0.2, 0) is 4.79 Å². The number of halogens is 1. The fraction of sp³-hybridized carbons (Fsp3) is 0.462. The normalized spacial score (nSPS) is 13.2. The van der Waals surface area contributed by atoms with Crippen molar-refractivity contribution in [2.75, 3.05) is 6.61 Å². The molecule has 0 radical (unpaired) electrons. The minimum absolute atomic E-state index is 0.0402. The van der Waals surface area contributed by atoms with Gasteiger partial charge < -0.3 is 14.9 Å². The van der Waals surface area contributed by atoms with Gasteiger partial charge in [-0.2, -0.15) is 0 Å². The summed E-state index contributed by atoms with van der Waals surface area (Å²) in [6, 6.07) is 5.27. The molecule has 1 rings (SSSR count). The molecular weight excluding hydrogens is 300 g/mol. The Labute approximate surface area is 115 Å². The smallest absolute Gasteiger partial charge is 0.312 e. The number of ether oxygens (including phenoxy) is 1. The molecule has 0 aliphatic heterocycles. The van der Waals surface area contributed by atoms with E-state index in [9.17, 15) is 9.90 Å². The Balaban J connectivity index is 2.90. The molecule has 0 spiro atoms. The monoisotopic (exact) mass is 316 g/mol. The second kappa shape index (κ2) is 5.71. The lowest BCUT2D eigenvalue weighted by Gasteiger charge is -2.21. The summed E-state index contributed by atoms with van der Waals surface area (Å²) in [5, 5.41) is 18.6. The van der Waals surface area contributed by atoms with E-state index in [0.717, 1.165) is 4.47 Å². The second-order valence-electron chi connectivity index (χ2n) is 4.84.